The summed E-state index contributed by atoms with van der Waals surface area (Å²) in [6.07, 6.45) is 4.38. The highest BCUT2D eigenvalue weighted by molar-refractivity contribution is 5.56. The molecule has 0 N–H and O–H groups in total. The van der Waals surface area contributed by atoms with Crippen LogP contribution in [0.15, 0.2) is 17.7 Å². The van der Waals surface area contributed by atoms with Crippen molar-refractivity contribution < 1.29 is 4.79 Å². The molecule has 1 heteroatoms. The predicted molar refractivity (Wildman–Crippen MR) is 34.3 cm³/mol. The number of allylic oxidation sites excluding steroid dienone is 3. The molecule has 0 aliphatic heterocycles. The molecule has 0 heterocycles. The van der Waals surface area contributed by atoms with E-state index < -0.39 is 0 Å². The fourth-order valence-electron chi connectivity index (χ4n) is 0.425. The first-order valence-electron chi connectivity index (χ1n) is 2.71. The van der Waals surface area contributed by atoms with Crippen LogP contribution in [0, 0.1) is 0 Å². The Morgan fingerprint density at radius 2 is 2.38 bits per heavy atom. The van der Waals surface area contributed by atoms with Crippen molar-refractivity contribution in [3.63, 3.8) is 0 Å². The second-order valence-corrected chi connectivity index (χ2v) is 1.48. The topological polar surface area (TPSA) is 17.1 Å². The molecule has 0 saturated heterocycles. The van der Waals surface area contributed by atoms with Crippen LogP contribution in [0.4, 0.5) is 0 Å². The van der Waals surface area contributed by atoms with E-state index in [0.717, 1.165) is 12.0 Å². The van der Waals surface area contributed by atoms with Gasteiger partial charge < -0.3 is 0 Å². The minimum Gasteiger partial charge on any atom is -0.233 e. The van der Waals surface area contributed by atoms with Crippen molar-refractivity contribution >= 4 is 5.94 Å². The summed E-state index contributed by atoms with van der Waals surface area (Å²) in [5.41, 5.74) is 0.729. The summed E-state index contributed by atoms with van der Waals surface area (Å²) in [5, 5.41) is 0. The molecule has 0 aromatic rings. The molecule has 0 aromatic carbocycles. The Bertz CT molecular complexity index is 127. The molecule has 0 bridgehead atoms. The molecule has 8 heavy (non-hydrogen) atoms. The van der Waals surface area contributed by atoms with Crippen LogP contribution in [-0.2, 0) is 4.79 Å². The van der Waals surface area contributed by atoms with Gasteiger partial charge in [-0.2, -0.15) is 0 Å². The van der Waals surface area contributed by atoms with Crippen LogP contribution >= 0.6 is 0 Å². The molecule has 0 amide bonds. The summed E-state index contributed by atoms with van der Waals surface area (Å²) in [6, 6.07) is 0. The van der Waals surface area contributed by atoms with Crippen molar-refractivity contribution in [2.24, 2.45) is 0 Å². The Morgan fingerprint density at radius 1 is 1.75 bits per heavy atom. The normalized spacial score (nSPS) is 9.25. The average molecular weight is 110 g/mol. The van der Waals surface area contributed by atoms with Gasteiger partial charge in [-0.3, -0.25) is 0 Å². The zero-order chi connectivity index (χ0) is 6.41. The van der Waals surface area contributed by atoms with Crippen molar-refractivity contribution in [3.8, 4) is 0 Å². The molecular weight excluding hydrogens is 100 g/mol. The number of hydrogen-bond donors (Lipinski definition) is 0. The summed E-state index contributed by atoms with van der Waals surface area (Å²) in [7, 11) is 0. The fraction of sp³-hybridized carbons (Fsp3) is 0.429. The minimum atomic E-state index is 0.729. The molecule has 0 atom stereocenters. The molecular formula is C7H10O. The minimum absolute atomic E-state index is 0.729. The van der Waals surface area contributed by atoms with E-state index in [2.05, 4.69) is 0 Å². The van der Waals surface area contributed by atoms with E-state index in [1.54, 1.807) is 6.08 Å². The first kappa shape index (κ1) is 7.19. The van der Waals surface area contributed by atoms with Crippen LogP contribution in [0.3, 0.4) is 0 Å². The summed E-state index contributed by atoms with van der Waals surface area (Å²) in [5.74, 6) is 1.83. The zero-order valence-corrected chi connectivity index (χ0v) is 5.27. The SMILES string of the molecule is CC=CC(=C=O)CC. The van der Waals surface area contributed by atoms with Gasteiger partial charge in [-0.05, 0) is 13.3 Å². The Kier molecular flexibility index (Phi) is 3.91. The van der Waals surface area contributed by atoms with Crippen LogP contribution in [-0.4, -0.2) is 5.94 Å². The highest BCUT2D eigenvalue weighted by Crippen LogP contribution is 1.94. The fourth-order valence-corrected chi connectivity index (χ4v) is 0.425. The molecule has 0 aliphatic carbocycles. The van der Waals surface area contributed by atoms with Crippen molar-refractivity contribution in [1.82, 2.24) is 0 Å². The summed E-state index contributed by atoms with van der Waals surface area (Å²) < 4.78 is 0. The molecule has 0 unspecified atom stereocenters. The van der Waals surface area contributed by atoms with Gasteiger partial charge in [0.15, 0.2) is 0 Å². The molecule has 0 rings (SSSR count). The molecule has 0 saturated carbocycles. The van der Waals surface area contributed by atoms with Gasteiger partial charge in [0.1, 0.15) is 5.94 Å². The van der Waals surface area contributed by atoms with Gasteiger partial charge in [-0.15, -0.1) is 0 Å². The maximum Gasteiger partial charge on any atom is 0.127 e. The van der Waals surface area contributed by atoms with Crippen LogP contribution in [0.1, 0.15) is 20.3 Å². The maximum atomic E-state index is 9.91. The highest BCUT2D eigenvalue weighted by atomic mass is 16.1. The van der Waals surface area contributed by atoms with Gasteiger partial charge in [0.2, 0.25) is 0 Å². The van der Waals surface area contributed by atoms with E-state index in [1.807, 2.05) is 25.9 Å². The Labute approximate surface area is 49.7 Å². The molecule has 0 radical (unpaired) electrons. The first-order valence-corrected chi connectivity index (χ1v) is 2.71. The maximum absolute atomic E-state index is 9.91. The third kappa shape index (κ3) is 2.38. The van der Waals surface area contributed by atoms with Crippen molar-refractivity contribution in [2.45, 2.75) is 20.3 Å². The van der Waals surface area contributed by atoms with Gasteiger partial charge >= 0.3 is 0 Å². The molecule has 0 aliphatic rings. The van der Waals surface area contributed by atoms with E-state index in [4.69, 9.17) is 0 Å². The van der Waals surface area contributed by atoms with Crippen molar-refractivity contribution in [2.75, 3.05) is 0 Å². The lowest BCUT2D eigenvalue weighted by molar-refractivity contribution is 0.567. The van der Waals surface area contributed by atoms with Gasteiger partial charge in [-0.25, -0.2) is 4.79 Å². The number of carbonyl (C=O) groups excluding carboxylic acids is 1. The molecule has 0 aromatic heterocycles. The Hall–Kier alpha value is -0.810. The van der Waals surface area contributed by atoms with Crippen LogP contribution < -0.4 is 0 Å². The summed E-state index contributed by atoms with van der Waals surface area (Å²) in [6.45, 7) is 3.81. The van der Waals surface area contributed by atoms with Crippen LogP contribution in [0.2, 0.25) is 0 Å². The van der Waals surface area contributed by atoms with Crippen LogP contribution in [0.5, 0.6) is 0 Å². The van der Waals surface area contributed by atoms with E-state index >= 15 is 0 Å². The van der Waals surface area contributed by atoms with E-state index in [1.165, 1.54) is 0 Å². The summed E-state index contributed by atoms with van der Waals surface area (Å²) >= 11 is 0. The van der Waals surface area contributed by atoms with Gasteiger partial charge in [-0.1, -0.05) is 19.1 Å². The van der Waals surface area contributed by atoms with E-state index in [9.17, 15) is 4.79 Å². The smallest absolute Gasteiger partial charge is 0.127 e. The van der Waals surface area contributed by atoms with Gasteiger partial charge in [0, 0.05) is 5.57 Å². The summed E-state index contributed by atoms with van der Waals surface area (Å²) in [4.78, 5) is 9.91. The molecule has 44 valence electrons. The van der Waals surface area contributed by atoms with Crippen LogP contribution in [0.25, 0.3) is 0 Å². The third-order valence-electron chi connectivity index (χ3n) is 0.880. The van der Waals surface area contributed by atoms with E-state index in [0.29, 0.717) is 0 Å². The lowest BCUT2D eigenvalue weighted by Gasteiger charge is -1.82. The van der Waals surface area contributed by atoms with Crippen molar-refractivity contribution in [1.29, 1.82) is 0 Å². The lowest BCUT2D eigenvalue weighted by Crippen LogP contribution is -1.71. The molecule has 0 fully saturated rings. The van der Waals surface area contributed by atoms with Gasteiger partial charge in [0.05, 0.1) is 0 Å². The van der Waals surface area contributed by atoms with Crippen molar-refractivity contribution in [3.05, 3.63) is 17.7 Å². The highest BCUT2D eigenvalue weighted by Gasteiger charge is 1.82. The molecule has 1 nitrogen and oxygen atoms in total. The molecule has 0 spiro atoms. The Balaban J connectivity index is 3.92. The zero-order valence-electron chi connectivity index (χ0n) is 5.27. The first-order chi connectivity index (χ1) is 3.85. The predicted octanol–water partition coefficient (Wildman–Crippen LogP) is 1.73. The second-order valence-electron chi connectivity index (χ2n) is 1.48. The largest absolute Gasteiger partial charge is 0.233 e. The lowest BCUT2D eigenvalue weighted by atomic mass is 10.2. The van der Waals surface area contributed by atoms with Gasteiger partial charge in [0.25, 0.3) is 0 Å². The third-order valence-corrected chi connectivity index (χ3v) is 0.880. The monoisotopic (exact) mass is 110 g/mol. The quantitative estimate of drug-likeness (QED) is 0.391. The van der Waals surface area contributed by atoms with E-state index in [-0.39, 0.29) is 0 Å². The Morgan fingerprint density at radius 3 is 2.50 bits per heavy atom. The standard InChI is InChI=1S/C7H10O/c1-3-5-7(4-2)6-8/h3,5H,4H2,1-2H3. The number of rotatable bonds is 2. The number of hydrogen-bond acceptors (Lipinski definition) is 1. The second kappa shape index (κ2) is 4.35. The average Bonchev–Trinajstić information content (AvgIpc) is 1.83.